The molecule has 0 unspecified atom stereocenters. The Morgan fingerprint density at radius 2 is 0.828 bits per heavy atom. The van der Waals surface area contributed by atoms with Gasteiger partial charge in [0.1, 0.15) is 112 Å². The predicted octanol–water partition coefficient (Wildman–Crippen LogP) is 18.9. The van der Waals surface area contributed by atoms with Crippen LogP contribution in [0.25, 0.3) is 71.2 Å². The molecule has 145 heavy (non-hydrogen) atoms. The zero-order valence-corrected chi connectivity index (χ0v) is 83.4. The van der Waals surface area contributed by atoms with E-state index in [9.17, 15) is 54.2 Å². The lowest BCUT2D eigenvalue weighted by molar-refractivity contribution is -0.193. The van der Waals surface area contributed by atoms with Gasteiger partial charge in [0.15, 0.2) is 19.0 Å². The predicted molar refractivity (Wildman–Crippen MR) is 543 cm³/mol. The molecule has 16 aromatic rings. The molecule has 37 nitrogen and oxygen atoms in total. The number of nitrogens with one attached hydrogen (secondary N) is 6. The lowest BCUT2D eigenvalue weighted by Crippen LogP contribution is -2.27. The number of likely N-dealkylation sites (N-methyl/N-ethyl adjacent to an activating group) is 1. The Labute approximate surface area is 855 Å². The number of nitrogens with zero attached hydrogens (tertiary/aromatic N) is 3. The monoisotopic (exact) mass is 2260 g/mol. The van der Waals surface area contributed by atoms with Gasteiger partial charge in [-0.15, -0.1) is 79.4 Å². The molecule has 0 spiro atoms. The van der Waals surface area contributed by atoms with Crippen LogP contribution >= 0.6 is 102 Å². The minimum Gasteiger partial charge on any atom is -0.507 e. The van der Waals surface area contributed by atoms with Gasteiger partial charge in [0.25, 0.3) is 18.9 Å². The van der Waals surface area contributed by atoms with Crippen LogP contribution in [0.2, 0.25) is 0 Å². The summed E-state index contributed by atoms with van der Waals surface area (Å²) in [5, 5.41) is 105. The molecule has 0 aliphatic rings. The minimum atomic E-state index is -5.08. The Kier molecular flexibility index (Phi) is 45.7. The fraction of sp³-hybridized carbons (Fsp3) is 0.154. The van der Waals surface area contributed by atoms with Crippen molar-refractivity contribution in [2.75, 3.05) is 41.0 Å². The Hall–Kier alpha value is -15.8. The summed E-state index contributed by atoms with van der Waals surface area (Å²) < 4.78 is 151. The van der Waals surface area contributed by atoms with Crippen LogP contribution < -0.4 is 62.8 Å². The third-order valence-electron chi connectivity index (χ3n) is 17.2. The number of aromatic nitrogens is 2. The van der Waals surface area contributed by atoms with Crippen LogP contribution in [0.3, 0.4) is 0 Å². The first-order valence-electron chi connectivity index (χ1n) is 40.0. The number of phenolic OH excluding ortho intramolecular Hbond substituents is 1. The molecule has 0 radical (unpaired) electrons. The molecule has 24 N–H and O–H groups in total. The first-order chi connectivity index (χ1) is 68.3. The highest BCUT2D eigenvalue weighted by atomic mass is 127. The third kappa shape index (κ3) is 38.9. The van der Waals surface area contributed by atoms with E-state index in [0.29, 0.717) is 42.8 Å². The number of rotatable bonds is 24. The van der Waals surface area contributed by atoms with Crippen LogP contribution in [-0.4, -0.2) is 183 Å². The van der Waals surface area contributed by atoms with Crippen LogP contribution in [0.5, 0.6) is 40.2 Å². The molecule has 16 rings (SSSR count). The second-order valence-electron chi connectivity index (χ2n) is 28.0. The second kappa shape index (κ2) is 56.2. The number of hydrogen-bond donors (Lipinski definition) is 18. The van der Waals surface area contributed by atoms with Gasteiger partial charge >= 0.3 is 42.4 Å². The number of aliphatic carboxylic acids is 3. The highest BCUT2D eigenvalue weighted by Gasteiger charge is 2.40. The Bertz CT molecular complexity index is 7140. The summed E-state index contributed by atoms with van der Waals surface area (Å²) in [6, 6.07) is 58.9. The lowest BCUT2D eigenvalue weighted by atomic mass is 10.2. The summed E-state index contributed by atoms with van der Waals surface area (Å²) in [5.41, 5.74) is 35.4. The second-order valence-corrected chi connectivity index (χ2v) is 36.7. The summed E-state index contributed by atoms with van der Waals surface area (Å²) in [6.07, 6.45) is -15.3. The van der Waals surface area contributed by atoms with Gasteiger partial charge in [-0.2, -0.15) is 39.5 Å². The zero-order valence-electron chi connectivity index (χ0n) is 75.5. The third-order valence-corrected chi connectivity index (χ3v) is 25.5. The highest BCUT2D eigenvalue weighted by molar-refractivity contribution is 14.1. The van der Waals surface area contributed by atoms with E-state index in [-0.39, 0.29) is 72.8 Å². The minimum absolute atomic E-state index is 0.0173. The number of hydrogen-bond acceptors (Lipinski definition) is 32. The van der Waals surface area contributed by atoms with E-state index < -0.39 is 42.4 Å². The summed E-state index contributed by atoms with van der Waals surface area (Å²) in [5.74, 6) is -2.22. The number of aromatic hydroxyl groups is 1. The number of carbonyl (C=O) groups is 7. The molecule has 54 heteroatoms. The van der Waals surface area contributed by atoms with E-state index in [1.54, 1.807) is 57.7 Å². The number of nitrogens with two attached hydrogens (primary N) is 6. The van der Waals surface area contributed by atoms with E-state index >= 15 is 0 Å². The number of carboxylic acids is 3. The fourth-order valence-corrected chi connectivity index (χ4v) is 17.9. The van der Waals surface area contributed by atoms with Gasteiger partial charge < -0.3 is 112 Å². The van der Waals surface area contributed by atoms with Gasteiger partial charge in [-0.05, 0) is 221 Å². The molecular formula is C91H85F9IN15O22S7. The number of carbonyl (C=O) groups excluding carboxylic acids is 2. The van der Waals surface area contributed by atoms with Crippen LogP contribution in [0.1, 0.15) is 58.9 Å². The number of amides is 1. The largest absolute Gasteiger partial charge is 0.507 e. The Morgan fingerprint density at radius 3 is 1.21 bits per heavy atom. The lowest BCUT2D eigenvalue weighted by Gasteiger charge is -2.11. The van der Waals surface area contributed by atoms with Gasteiger partial charge in [0.2, 0.25) is 0 Å². The van der Waals surface area contributed by atoms with Crippen molar-refractivity contribution in [2.45, 2.75) is 52.2 Å². The molecule has 768 valence electrons. The van der Waals surface area contributed by atoms with Crippen LogP contribution in [0, 0.1) is 42.9 Å². The first-order valence-corrected chi connectivity index (χ1v) is 46.9. The molecule has 0 atom stereocenters. The molecule has 9 aromatic heterocycles. The zero-order chi connectivity index (χ0) is 108. The quantitative estimate of drug-likeness (QED) is 0.00667. The summed E-state index contributed by atoms with van der Waals surface area (Å²) >= 11 is 12.5. The number of alkyl halides is 9. The van der Waals surface area contributed by atoms with Gasteiger partial charge in [0, 0.05) is 68.8 Å². The smallest absolute Gasteiger partial charge is 0.490 e. The van der Waals surface area contributed by atoms with Crippen molar-refractivity contribution in [3.63, 3.8) is 0 Å². The first kappa shape index (κ1) is 118. The molecular weight excluding hydrogens is 2180 g/mol. The van der Waals surface area contributed by atoms with E-state index in [0.717, 1.165) is 145 Å². The van der Waals surface area contributed by atoms with Crippen molar-refractivity contribution in [2.24, 2.45) is 34.4 Å². The van der Waals surface area contributed by atoms with Crippen molar-refractivity contribution < 1.29 is 146 Å². The number of ether oxygens (including phenoxy) is 7. The van der Waals surface area contributed by atoms with Crippen molar-refractivity contribution in [1.29, 1.82) is 32.5 Å². The summed E-state index contributed by atoms with van der Waals surface area (Å²) in [4.78, 5) is 73.0. The molecule has 0 saturated carbocycles. The maximum Gasteiger partial charge on any atom is 0.490 e. The maximum absolute atomic E-state index is 11.4. The Morgan fingerprint density at radius 1 is 0.448 bits per heavy atom. The number of halogens is 10. The number of amidine groups is 6. The van der Waals surface area contributed by atoms with Gasteiger partial charge in [0.05, 0.1) is 47.9 Å². The SMILES string of the molecule is CCOC(=O)COc1ccc2cc(C(=N)N)sc2c1.CN(C)C(=O)COc1ccc2cc(C(=N)N)sc2c1.COc1cccc(COc2cccc3sc(C(=N)N)cc23)c1.Cc1cc(COc2ccc3cc(C(=N)N)sc3c2)no1.N=C(N)c1cc2c(O)cc(I)cc2s1.N=C(N)c1cc2ccc(OCc3cc(-c4cccs4)on3)cc2s1.O=C(O)C(F)(F)F.O=C(O)C(F)(F)F.O=C(O)C(F)(F)F.O=CO.O=CO. The van der Waals surface area contributed by atoms with Gasteiger partial charge in [-0.1, -0.05) is 34.6 Å². The van der Waals surface area contributed by atoms with Gasteiger partial charge in [-0.3, -0.25) is 46.8 Å². The van der Waals surface area contributed by atoms with E-state index in [4.69, 9.17) is 159 Å². The number of phenols is 1. The van der Waals surface area contributed by atoms with E-state index in [1.807, 2.05) is 182 Å². The van der Waals surface area contributed by atoms with Crippen molar-refractivity contribution in [3.05, 3.63) is 249 Å². The molecule has 0 aliphatic carbocycles. The molecule has 1 amide bonds. The van der Waals surface area contributed by atoms with Crippen molar-refractivity contribution in [3.8, 4) is 50.9 Å². The molecule has 0 bridgehead atoms. The fourth-order valence-electron chi connectivity index (χ4n) is 10.7. The number of nitrogen functional groups attached to an aromatic ring is 6. The summed E-state index contributed by atoms with van der Waals surface area (Å²) in [7, 11) is 5.02. The van der Waals surface area contributed by atoms with Crippen LogP contribution in [0.4, 0.5) is 39.5 Å². The molecule has 0 fully saturated rings. The van der Waals surface area contributed by atoms with Gasteiger partial charge in [-0.25, -0.2) is 19.2 Å². The number of carboxylic acid groups (broad SMARTS) is 5. The number of esters is 1. The summed E-state index contributed by atoms with van der Waals surface area (Å²) in [6.45, 7) is 4.51. The number of fused-ring (bicyclic) bond motifs is 6. The van der Waals surface area contributed by atoms with Crippen molar-refractivity contribution >= 4 is 240 Å². The van der Waals surface area contributed by atoms with Crippen LogP contribution in [-0.2, 0) is 58.1 Å². The van der Waals surface area contributed by atoms with E-state index in [2.05, 4.69) is 32.9 Å². The normalized spacial score (nSPS) is 10.5. The maximum atomic E-state index is 11.4. The molecule has 9 heterocycles. The van der Waals surface area contributed by atoms with Crippen LogP contribution in [0.15, 0.2) is 202 Å². The average Bonchev–Trinajstić information content (AvgIpc) is 1.67. The molecule has 0 saturated heterocycles. The topological polar surface area (TPSA) is 660 Å². The Balaban J connectivity index is 0.000000254. The number of methoxy groups -OCH3 is 1. The standard InChI is InChI=1S/C17H13N3O2S2.C17H16N2O2S.C14H13N3O2S.C13H15N3O2S.C13H14N2O3S.C9H7IN2OS.3C2HF3O2.2CH2O2/c18-17(19)16-6-10-3-4-12(8-15(10)24-16)21-9-11-7-13(22-20-11)14-2-1-5-23-14;1-20-12-5-2-4-11(8-12)10-21-14-6-3-7-15-13(14)9-16(22-15)17(18)19;1-8-4-10(17-19-8)7-18-11-3-2-9-5-13(14(15)16)20-12(9)6-11;1-16(2)12(17)7-18-9-4-3-8-5-11(13(14)15)19-10(8)6-9;1-2-17-12(16)7-18-9-4-3-8-5-11(13(14)15)19-10(8)6-9;10-4-1-6(13)5-3-8(9(11)12)14-7(5)2-4;3*3-2(4,5)1(6)7;2*2-1-3/h1-8H,9H2,(H3,18,19);2-9H,10H2,1H3,(H3,18,19);2-6H,7H2,1H3,(H3,15,16);3-6H,7H2,1-2H3,(H3,14,15);3-6H,2,7H2,1H3,(H3,14,15);1-3,13H,(H3,11,12);3*(H,6,7);2*1H,(H,2,3). The van der Waals surface area contributed by atoms with E-state index in [1.165, 1.54) is 72.9 Å². The molecule has 7 aromatic carbocycles. The number of thiophene rings is 7. The number of aryl methyl sites for hydroxylation is 1. The highest BCUT2D eigenvalue weighted by Crippen LogP contribution is 2.38. The van der Waals surface area contributed by atoms with Crippen molar-refractivity contribution in [1.82, 2.24) is 15.2 Å². The molecule has 0 aliphatic heterocycles. The average molecular weight is 2260 g/mol. The number of benzene rings is 7.